The standard InChI is InChI=1S/C14H19Br2NO/c1-18-14-6-5-11(9-13(14)16)10-17(8-7-15)12-3-2-4-12/h5-6,9,12H,2-4,7-8,10H2,1H3. The van der Waals surface area contributed by atoms with Crippen molar-refractivity contribution >= 4 is 31.9 Å². The Bertz CT molecular complexity index is 393. The first-order valence-corrected chi connectivity index (χ1v) is 8.28. The predicted molar refractivity (Wildman–Crippen MR) is 82.5 cm³/mol. The summed E-state index contributed by atoms with van der Waals surface area (Å²) < 4.78 is 6.30. The van der Waals surface area contributed by atoms with Gasteiger partial charge in [-0.1, -0.05) is 28.4 Å². The normalized spacial score (nSPS) is 15.8. The Balaban J connectivity index is 2.03. The van der Waals surface area contributed by atoms with E-state index < -0.39 is 0 Å². The van der Waals surface area contributed by atoms with Gasteiger partial charge in [-0.15, -0.1) is 0 Å². The number of nitrogens with zero attached hydrogens (tertiary/aromatic N) is 1. The minimum Gasteiger partial charge on any atom is -0.496 e. The lowest BCUT2D eigenvalue weighted by atomic mass is 9.91. The summed E-state index contributed by atoms with van der Waals surface area (Å²) in [5.74, 6) is 0.898. The second-order valence-electron chi connectivity index (χ2n) is 4.71. The van der Waals surface area contributed by atoms with E-state index in [0.29, 0.717) is 0 Å². The molecule has 1 aliphatic rings. The van der Waals surface area contributed by atoms with Crippen LogP contribution in [0, 0.1) is 0 Å². The number of rotatable bonds is 6. The lowest BCUT2D eigenvalue weighted by Gasteiger charge is -2.37. The van der Waals surface area contributed by atoms with Gasteiger partial charge < -0.3 is 4.74 Å². The number of benzene rings is 1. The van der Waals surface area contributed by atoms with Crippen LogP contribution in [0.3, 0.4) is 0 Å². The summed E-state index contributed by atoms with van der Waals surface area (Å²) >= 11 is 7.10. The molecular formula is C14H19Br2NO. The van der Waals surface area contributed by atoms with Crippen molar-refractivity contribution in [1.29, 1.82) is 0 Å². The van der Waals surface area contributed by atoms with Gasteiger partial charge in [-0.05, 0) is 46.5 Å². The molecule has 1 aromatic carbocycles. The number of hydrogen-bond donors (Lipinski definition) is 0. The average molecular weight is 377 g/mol. The molecule has 0 N–H and O–H groups in total. The van der Waals surface area contributed by atoms with Gasteiger partial charge in [0, 0.05) is 24.5 Å². The third kappa shape index (κ3) is 3.49. The highest BCUT2D eigenvalue weighted by molar-refractivity contribution is 9.10. The molecular weight excluding hydrogens is 358 g/mol. The lowest BCUT2D eigenvalue weighted by molar-refractivity contribution is 0.128. The van der Waals surface area contributed by atoms with Gasteiger partial charge in [0.1, 0.15) is 5.75 Å². The Labute approximate surface area is 126 Å². The zero-order valence-corrected chi connectivity index (χ0v) is 13.8. The van der Waals surface area contributed by atoms with E-state index in [2.05, 4.69) is 48.9 Å². The first-order valence-electron chi connectivity index (χ1n) is 6.37. The van der Waals surface area contributed by atoms with Gasteiger partial charge in [0.15, 0.2) is 0 Å². The smallest absolute Gasteiger partial charge is 0.133 e. The van der Waals surface area contributed by atoms with Crippen molar-refractivity contribution in [2.45, 2.75) is 31.8 Å². The van der Waals surface area contributed by atoms with E-state index in [4.69, 9.17) is 4.74 Å². The minimum atomic E-state index is 0.781. The van der Waals surface area contributed by atoms with Crippen LogP contribution < -0.4 is 4.74 Å². The molecule has 0 aromatic heterocycles. The van der Waals surface area contributed by atoms with Crippen LogP contribution in [0.1, 0.15) is 24.8 Å². The van der Waals surface area contributed by atoms with E-state index in [1.807, 2.05) is 6.07 Å². The summed E-state index contributed by atoms with van der Waals surface area (Å²) in [5.41, 5.74) is 1.34. The Morgan fingerprint density at radius 1 is 1.39 bits per heavy atom. The summed E-state index contributed by atoms with van der Waals surface area (Å²) in [6.45, 7) is 2.15. The Morgan fingerprint density at radius 3 is 2.67 bits per heavy atom. The molecule has 18 heavy (non-hydrogen) atoms. The Morgan fingerprint density at radius 2 is 2.17 bits per heavy atom. The molecule has 0 radical (unpaired) electrons. The van der Waals surface area contributed by atoms with Gasteiger partial charge in [0.25, 0.3) is 0 Å². The highest BCUT2D eigenvalue weighted by Gasteiger charge is 2.24. The highest BCUT2D eigenvalue weighted by atomic mass is 79.9. The van der Waals surface area contributed by atoms with Gasteiger partial charge in [-0.2, -0.15) is 0 Å². The molecule has 1 aromatic rings. The molecule has 2 nitrogen and oxygen atoms in total. The van der Waals surface area contributed by atoms with Crippen molar-refractivity contribution in [3.8, 4) is 5.75 Å². The number of hydrogen-bond acceptors (Lipinski definition) is 2. The molecule has 0 saturated heterocycles. The fraction of sp³-hybridized carbons (Fsp3) is 0.571. The average Bonchev–Trinajstić information content (AvgIpc) is 2.27. The van der Waals surface area contributed by atoms with Crippen molar-refractivity contribution in [3.63, 3.8) is 0 Å². The maximum absolute atomic E-state index is 5.26. The fourth-order valence-electron chi connectivity index (χ4n) is 2.29. The van der Waals surface area contributed by atoms with Gasteiger partial charge in [-0.3, -0.25) is 4.90 Å². The molecule has 0 amide bonds. The van der Waals surface area contributed by atoms with Crippen molar-refractivity contribution in [2.75, 3.05) is 19.0 Å². The summed E-state index contributed by atoms with van der Waals surface area (Å²) in [6, 6.07) is 7.14. The first kappa shape index (κ1) is 14.4. The van der Waals surface area contributed by atoms with E-state index in [1.165, 1.54) is 24.8 Å². The fourth-order valence-corrected chi connectivity index (χ4v) is 3.34. The summed E-state index contributed by atoms with van der Waals surface area (Å²) in [6.07, 6.45) is 4.09. The third-order valence-corrected chi connectivity index (χ3v) is 4.54. The van der Waals surface area contributed by atoms with Gasteiger partial charge >= 0.3 is 0 Å². The largest absolute Gasteiger partial charge is 0.496 e. The summed E-state index contributed by atoms with van der Waals surface area (Å²) in [7, 11) is 1.70. The molecule has 1 aliphatic carbocycles. The van der Waals surface area contributed by atoms with Crippen LogP contribution >= 0.6 is 31.9 Å². The van der Waals surface area contributed by atoms with Crippen molar-refractivity contribution < 1.29 is 4.74 Å². The van der Waals surface area contributed by atoms with Crippen LogP contribution in [0.2, 0.25) is 0 Å². The van der Waals surface area contributed by atoms with Gasteiger partial charge in [0.2, 0.25) is 0 Å². The molecule has 0 bridgehead atoms. The minimum absolute atomic E-state index is 0.781. The summed E-state index contributed by atoms with van der Waals surface area (Å²) in [5, 5.41) is 1.04. The zero-order valence-electron chi connectivity index (χ0n) is 10.7. The Kier molecular flexibility index (Phi) is 5.52. The number of alkyl halides is 1. The van der Waals surface area contributed by atoms with Crippen molar-refractivity contribution in [3.05, 3.63) is 28.2 Å². The maximum Gasteiger partial charge on any atom is 0.133 e. The molecule has 0 unspecified atom stereocenters. The second-order valence-corrected chi connectivity index (χ2v) is 6.36. The molecule has 0 atom stereocenters. The van der Waals surface area contributed by atoms with E-state index >= 15 is 0 Å². The third-order valence-electron chi connectivity index (χ3n) is 3.56. The molecule has 100 valence electrons. The topological polar surface area (TPSA) is 12.5 Å². The highest BCUT2D eigenvalue weighted by Crippen LogP contribution is 2.29. The number of ether oxygens (including phenoxy) is 1. The Hall–Kier alpha value is -0.0600. The molecule has 1 saturated carbocycles. The molecule has 0 spiro atoms. The predicted octanol–water partition coefficient (Wildman–Crippen LogP) is 4.21. The van der Waals surface area contributed by atoms with Gasteiger partial charge in [0.05, 0.1) is 11.6 Å². The monoisotopic (exact) mass is 375 g/mol. The van der Waals surface area contributed by atoms with Crippen LogP contribution in [0.15, 0.2) is 22.7 Å². The molecule has 1 fully saturated rings. The number of methoxy groups -OCH3 is 1. The quantitative estimate of drug-likeness (QED) is 0.689. The molecule has 2 rings (SSSR count). The van der Waals surface area contributed by atoms with E-state index in [0.717, 1.165) is 34.7 Å². The first-order chi connectivity index (χ1) is 8.74. The number of halogens is 2. The van der Waals surface area contributed by atoms with Gasteiger partial charge in [-0.25, -0.2) is 0 Å². The van der Waals surface area contributed by atoms with Crippen LogP contribution in [-0.2, 0) is 6.54 Å². The van der Waals surface area contributed by atoms with Crippen LogP contribution in [0.25, 0.3) is 0 Å². The molecule has 4 heteroatoms. The van der Waals surface area contributed by atoms with Crippen molar-refractivity contribution in [1.82, 2.24) is 4.90 Å². The van der Waals surface area contributed by atoms with Crippen LogP contribution in [0.4, 0.5) is 0 Å². The molecule has 0 aliphatic heterocycles. The lowest BCUT2D eigenvalue weighted by Crippen LogP contribution is -2.40. The summed E-state index contributed by atoms with van der Waals surface area (Å²) in [4.78, 5) is 2.58. The van der Waals surface area contributed by atoms with E-state index in [-0.39, 0.29) is 0 Å². The van der Waals surface area contributed by atoms with Crippen LogP contribution in [-0.4, -0.2) is 29.9 Å². The van der Waals surface area contributed by atoms with Crippen molar-refractivity contribution in [2.24, 2.45) is 0 Å². The second kappa shape index (κ2) is 6.92. The zero-order chi connectivity index (χ0) is 13.0. The van der Waals surface area contributed by atoms with Crippen LogP contribution in [0.5, 0.6) is 5.75 Å². The molecule has 0 heterocycles. The maximum atomic E-state index is 5.26. The van der Waals surface area contributed by atoms with E-state index in [9.17, 15) is 0 Å². The SMILES string of the molecule is COc1ccc(CN(CCBr)C2CCC2)cc1Br. The van der Waals surface area contributed by atoms with E-state index in [1.54, 1.807) is 7.11 Å².